The lowest BCUT2D eigenvalue weighted by Crippen LogP contribution is -2.50. The molecule has 0 spiro atoms. The van der Waals surface area contributed by atoms with Gasteiger partial charge in [-0.05, 0) is 42.7 Å². The van der Waals surface area contributed by atoms with Crippen LogP contribution >= 0.6 is 0 Å². The van der Waals surface area contributed by atoms with Crippen molar-refractivity contribution in [2.75, 3.05) is 19.8 Å². The predicted octanol–water partition coefficient (Wildman–Crippen LogP) is 3.75. The normalized spacial score (nSPS) is 22.5. The summed E-state index contributed by atoms with van der Waals surface area (Å²) in [5.74, 6) is -0.133. The van der Waals surface area contributed by atoms with Crippen LogP contribution in [0.1, 0.15) is 26.3 Å². The van der Waals surface area contributed by atoms with Crippen molar-refractivity contribution in [1.82, 2.24) is 5.32 Å². The number of ether oxygens (including phenoxy) is 1. The average molecular weight is 340 g/mol. The highest BCUT2D eigenvalue weighted by Gasteiger charge is 2.42. The van der Waals surface area contributed by atoms with E-state index in [4.69, 9.17) is 9.16 Å². The SMILES string of the molecule is CC(C)(C)[Si](C)(C)O[C@@H]1COC[C@@H]1NCCc1ccccc1F. The molecule has 23 heavy (non-hydrogen) atoms. The number of hydrogen-bond donors (Lipinski definition) is 1. The maximum absolute atomic E-state index is 13.6. The predicted molar refractivity (Wildman–Crippen MR) is 94.8 cm³/mol. The highest BCUT2D eigenvalue weighted by atomic mass is 28.4. The summed E-state index contributed by atoms with van der Waals surface area (Å²) in [7, 11) is -1.80. The Labute approximate surface area is 140 Å². The molecular weight excluding hydrogens is 309 g/mol. The molecule has 5 heteroatoms. The van der Waals surface area contributed by atoms with Crippen LogP contribution in [-0.2, 0) is 15.6 Å². The van der Waals surface area contributed by atoms with Gasteiger partial charge >= 0.3 is 0 Å². The Balaban J connectivity index is 1.86. The lowest BCUT2D eigenvalue weighted by molar-refractivity contribution is 0.128. The summed E-state index contributed by atoms with van der Waals surface area (Å²) in [6.07, 6.45) is 0.771. The largest absolute Gasteiger partial charge is 0.410 e. The number of benzene rings is 1. The van der Waals surface area contributed by atoms with Crippen molar-refractivity contribution in [3.8, 4) is 0 Å². The van der Waals surface area contributed by atoms with Gasteiger partial charge in [0.15, 0.2) is 8.32 Å². The first-order valence-electron chi connectivity index (χ1n) is 8.43. The Kier molecular flexibility index (Phi) is 6.00. The fraction of sp³-hybridized carbons (Fsp3) is 0.667. The number of halogens is 1. The van der Waals surface area contributed by atoms with Crippen LogP contribution in [0.5, 0.6) is 0 Å². The third kappa shape index (κ3) is 4.86. The first kappa shape index (κ1) is 18.6. The molecule has 1 aromatic carbocycles. The van der Waals surface area contributed by atoms with Crippen molar-refractivity contribution in [1.29, 1.82) is 0 Å². The van der Waals surface area contributed by atoms with Crippen LogP contribution in [0.25, 0.3) is 0 Å². The zero-order valence-corrected chi connectivity index (χ0v) is 16.0. The molecule has 3 nitrogen and oxygen atoms in total. The Hall–Kier alpha value is -0.753. The van der Waals surface area contributed by atoms with Crippen LogP contribution in [-0.4, -0.2) is 40.2 Å². The zero-order valence-electron chi connectivity index (χ0n) is 15.0. The molecule has 0 aromatic heterocycles. The Morgan fingerprint density at radius 2 is 1.96 bits per heavy atom. The molecule has 2 rings (SSSR count). The standard InChI is InChI=1S/C18H30FNO2Si/c1-18(2,3)23(4,5)22-17-13-21-12-16(17)20-11-10-14-8-6-7-9-15(14)19/h6-9,16-17,20H,10-13H2,1-5H3/t16-,17+/m0/s1. The third-order valence-electron chi connectivity index (χ3n) is 5.04. The van der Waals surface area contributed by atoms with Crippen LogP contribution in [0.3, 0.4) is 0 Å². The molecule has 0 aliphatic carbocycles. The van der Waals surface area contributed by atoms with E-state index in [1.807, 2.05) is 12.1 Å². The smallest absolute Gasteiger partial charge is 0.192 e. The summed E-state index contributed by atoms with van der Waals surface area (Å²) >= 11 is 0. The van der Waals surface area contributed by atoms with Gasteiger partial charge in [-0.25, -0.2) is 4.39 Å². The molecule has 1 heterocycles. The minimum atomic E-state index is -1.80. The quantitative estimate of drug-likeness (QED) is 0.801. The highest BCUT2D eigenvalue weighted by Crippen LogP contribution is 2.38. The summed E-state index contributed by atoms with van der Waals surface area (Å²) in [5.41, 5.74) is 0.751. The van der Waals surface area contributed by atoms with Crippen LogP contribution < -0.4 is 5.32 Å². The fourth-order valence-electron chi connectivity index (χ4n) is 2.49. The van der Waals surface area contributed by atoms with E-state index in [1.165, 1.54) is 6.07 Å². The van der Waals surface area contributed by atoms with Crippen molar-refractivity contribution >= 4 is 8.32 Å². The van der Waals surface area contributed by atoms with E-state index in [0.717, 1.165) is 12.1 Å². The molecule has 0 bridgehead atoms. The van der Waals surface area contributed by atoms with Gasteiger partial charge in [0.1, 0.15) is 5.82 Å². The number of nitrogens with one attached hydrogen (secondary N) is 1. The second-order valence-electron chi connectivity index (χ2n) is 7.86. The fourth-order valence-corrected chi connectivity index (χ4v) is 3.83. The molecular formula is C18H30FNO2Si. The van der Waals surface area contributed by atoms with E-state index >= 15 is 0 Å². The van der Waals surface area contributed by atoms with Gasteiger partial charge in [0.05, 0.1) is 25.4 Å². The molecule has 1 N–H and O–H groups in total. The van der Waals surface area contributed by atoms with Gasteiger partial charge in [-0.3, -0.25) is 0 Å². The molecule has 1 saturated heterocycles. The molecule has 0 radical (unpaired) electrons. The maximum atomic E-state index is 13.6. The van der Waals surface area contributed by atoms with E-state index in [0.29, 0.717) is 19.6 Å². The Morgan fingerprint density at radius 3 is 2.61 bits per heavy atom. The van der Waals surface area contributed by atoms with Gasteiger partial charge < -0.3 is 14.5 Å². The van der Waals surface area contributed by atoms with Gasteiger partial charge in [0, 0.05) is 0 Å². The van der Waals surface area contributed by atoms with Crippen molar-refractivity contribution in [3.63, 3.8) is 0 Å². The molecule has 0 amide bonds. The summed E-state index contributed by atoms with van der Waals surface area (Å²) in [5, 5.41) is 3.67. The van der Waals surface area contributed by atoms with Crippen molar-refractivity contribution in [3.05, 3.63) is 35.6 Å². The third-order valence-corrected chi connectivity index (χ3v) is 9.54. The van der Waals surface area contributed by atoms with Gasteiger partial charge in [0.25, 0.3) is 0 Å². The van der Waals surface area contributed by atoms with Gasteiger partial charge in [-0.15, -0.1) is 0 Å². The second-order valence-corrected chi connectivity index (χ2v) is 12.6. The Bertz CT molecular complexity index is 516. The molecule has 1 aromatic rings. The van der Waals surface area contributed by atoms with E-state index in [1.54, 1.807) is 6.07 Å². The lowest BCUT2D eigenvalue weighted by atomic mass is 10.1. The Morgan fingerprint density at radius 1 is 1.26 bits per heavy atom. The molecule has 1 aliphatic rings. The average Bonchev–Trinajstić information content (AvgIpc) is 2.86. The molecule has 0 unspecified atom stereocenters. The van der Waals surface area contributed by atoms with Crippen molar-refractivity contribution < 1.29 is 13.6 Å². The molecule has 1 aliphatic heterocycles. The van der Waals surface area contributed by atoms with Gasteiger partial charge in [-0.2, -0.15) is 0 Å². The molecule has 2 atom stereocenters. The zero-order chi connectivity index (χ0) is 17.1. The highest BCUT2D eigenvalue weighted by molar-refractivity contribution is 6.74. The lowest BCUT2D eigenvalue weighted by Gasteiger charge is -2.39. The monoisotopic (exact) mass is 339 g/mol. The molecule has 0 saturated carbocycles. The van der Waals surface area contributed by atoms with Crippen molar-refractivity contribution in [2.45, 2.75) is 57.5 Å². The van der Waals surface area contributed by atoms with E-state index in [-0.39, 0.29) is 23.0 Å². The van der Waals surface area contributed by atoms with E-state index < -0.39 is 8.32 Å². The van der Waals surface area contributed by atoms with Crippen LogP contribution in [0, 0.1) is 5.82 Å². The minimum Gasteiger partial charge on any atom is -0.410 e. The van der Waals surface area contributed by atoms with Gasteiger partial charge in [0.2, 0.25) is 0 Å². The van der Waals surface area contributed by atoms with Crippen LogP contribution in [0.4, 0.5) is 4.39 Å². The topological polar surface area (TPSA) is 30.5 Å². The van der Waals surface area contributed by atoms with Crippen molar-refractivity contribution in [2.24, 2.45) is 0 Å². The minimum absolute atomic E-state index is 0.0940. The molecule has 1 fully saturated rings. The summed E-state index contributed by atoms with van der Waals surface area (Å²) in [4.78, 5) is 0. The number of hydrogen-bond acceptors (Lipinski definition) is 3. The van der Waals surface area contributed by atoms with E-state index in [9.17, 15) is 4.39 Å². The van der Waals surface area contributed by atoms with Crippen LogP contribution in [0.2, 0.25) is 18.1 Å². The van der Waals surface area contributed by atoms with Crippen LogP contribution in [0.15, 0.2) is 24.3 Å². The first-order valence-corrected chi connectivity index (χ1v) is 11.3. The molecule has 130 valence electrons. The maximum Gasteiger partial charge on any atom is 0.192 e. The van der Waals surface area contributed by atoms with Gasteiger partial charge in [-0.1, -0.05) is 39.0 Å². The summed E-state index contributed by atoms with van der Waals surface area (Å²) < 4.78 is 25.7. The summed E-state index contributed by atoms with van der Waals surface area (Å²) in [6, 6.07) is 7.14. The first-order chi connectivity index (χ1) is 10.7. The van der Waals surface area contributed by atoms with E-state index in [2.05, 4.69) is 39.2 Å². The second kappa shape index (κ2) is 7.43. The number of rotatable bonds is 6. The summed E-state index contributed by atoms with van der Waals surface area (Å²) in [6.45, 7) is 13.3.